The summed E-state index contributed by atoms with van der Waals surface area (Å²) in [6, 6.07) is 6.58. The largest absolute Gasteiger partial charge is 0.481 e. The van der Waals surface area contributed by atoms with Gasteiger partial charge in [-0.1, -0.05) is 25.5 Å². The number of hydrogen-bond acceptors (Lipinski definition) is 3. The fourth-order valence-corrected chi connectivity index (χ4v) is 1.47. The van der Waals surface area contributed by atoms with E-state index >= 15 is 0 Å². The van der Waals surface area contributed by atoms with Crippen molar-refractivity contribution < 1.29 is 19.4 Å². The maximum Gasteiger partial charge on any atom is 0.311 e. The lowest BCUT2D eigenvalue weighted by Crippen LogP contribution is -2.09. The van der Waals surface area contributed by atoms with Crippen LogP contribution in [0, 0.1) is 0 Å². The highest BCUT2D eigenvalue weighted by Gasteiger charge is 2.13. The molecule has 1 unspecified atom stereocenters. The second-order valence-electron chi connectivity index (χ2n) is 4.21. The monoisotopic (exact) mass is 250 g/mol. The molecule has 4 nitrogen and oxygen atoms in total. The van der Waals surface area contributed by atoms with Crippen LogP contribution in [0.25, 0.3) is 0 Å². The van der Waals surface area contributed by atoms with Crippen molar-refractivity contribution in [1.82, 2.24) is 0 Å². The van der Waals surface area contributed by atoms with Crippen molar-refractivity contribution in [3.8, 4) is 5.75 Å². The van der Waals surface area contributed by atoms with Crippen LogP contribution in [0.2, 0.25) is 0 Å². The Bertz CT molecular complexity index is 408. The van der Waals surface area contributed by atoms with Crippen LogP contribution in [0.5, 0.6) is 5.75 Å². The smallest absolute Gasteiger partial charge is 0.311 e. The highest BCUT2D eigenvalue weighted by atomic mass is 16.5. The lowest BCUT2D eigenvalue weighted by atomic mass is 10.0. The fourth-order valence-electron chi connectivity index (χ4n) is 1.47. The lowest BCUT2D eigenvalue weighted by molar-refractivity contribution is -0.138. The number of esters is 1. The minimum Gasteiger partial charge on any atom is -0.481 e. The predicted octanol–water partition coefficient (Wildman–Crippen LogP) is 2.97. The Morgan fingerprint density at radius 2 is 1.89 bits per heavy atom. The van der Waals surface area contributed by atoms with E-state index in [-0.39, 0.29) is 5.97 Å². The lowest BCUT2D eigenvalue weighted by Gasteiger charge is -2.08. The van der Waals surface area contributed by atoms with Crippen LogP contribution in [0.3, 0.4) is 0 Å². The van der Waals surface area contributed by atoms with E-state index in [1.807, 2.05) is 6.92 Å². The summed E-state index contributed by atoms with van der Waals surface area (Å²) in [6.07, 6.45) is 2.17. The van der Waals surface area contributed by atoms with E-state index < -0.39 is 11.9 Å². The quantitative estimate of drug-likeness (QED) is 0.622. The van der Waals surface area contributed by atoms with Crippen molar-refractivity contribution in [2.24, 2.45) is 0 Å². The normalized spacial score (nSPS) is 11.9. The van der Waals surface area contributed by atoms with E-state index in [0.717, 1.165) is 12.8 Å². The van der Waals surface area contributed by atoms with Gasteiger partial charge in [0.15, 0.2) is 0 Å². The van der Waals surface area contributed by atoms with Gasteiger partial charge in [-0.05, 0) is 31.0 Å². The molecular formula is C14H18O4. The Morgan fingerprint density at radius 1 is 1.28 bits per heavy atom. The average Bonchev–Trinajstić information content (AvgIpc) is 2.36. The summed E-state index contributed by atoms with van der Waals surface area (Å²) in [5, 5.41) is 8.86. The van der Waals surface area contributed by atoms with Gasteiger partial charge in [0.05, 0.1) is 5.92 Å². The molecule has 0 radical (unpaired) electrons. The van der Waals surface area contributed by atoms with Crippen LogP contribution in [-0.4, -0.2) is 17.0 Å². The Kier molecular flexibility index (Phi) is 5.36. The highest BCUT2D eigenvalue weighted by Crippen LogP contribution is 2.19. The van der Waals surface area contributed by atoms with Crippen molar-refractivity contribution in [2.45, 2.75) is 39.0 Å². The third-order valence-corrected chi connectivity index (χ3v) is 2.72. The summed E-state index contributed by atoms with van der Waals surface area (Å²) >= 11 is 0. The van der Waals surface area contributed by atoms with E-state index in [2.05, 4.69) is 0 Å². The minimum atomic E-state index is -0.873. The first-order valence-electron chi connectivity index (χ1n) is 6.08. The second-order valence-corrected chi connectivity index (χ2v) is 4.21. The third-order valence-electron chi connectivity index (χ3n) is 2.72. The molecule has 0 fully saturated rings. The molecule has 4 heteroatoms. The number of carboxylic acid groups (broad SMARTS) is 1. The van der Waals surface area contributed by atoms with Crippen LogP contribution in [0.15, 0.2) is 24.3 Å². The van der Waals surface area contributed by atoms with Gasteiger partial charge in [-0.3, -0.25) is 9.59 Å². The molecule has 0 saturated heterocycles. The van der Waals surface area contributed by atoms with Gasteiger partial charge >= 0.3 is 11.9 Å². The molecule has 0 amide bonds. The molecule has 1 rings (SSSR count). The van der Waals surface area contributed by atoms with E-state index in [4.69, 9.17) is 9.84 Å². The van der Waals surface area contributed by atoms with E-state index in [1.165, 1.54) is 0 Å². The Morgan fingerprint density at radius 3 is 2.39 bits per heavy atom. The fraction of sp³-hybridized carbons (Fsp3) is 0.429. The zero-order valence-corrected chi connectivity index (χ0v) is 10.7. The average molecular weight is 250 g/mol. The maximum atomic E-state index is 11.4. The zero-order chi connectivity index (χ0) is 13.5. The summed E-state index contributed by atoms with van der Waals surface area (Å²) in [7, 11) is 0. The summed E-state index contributed by atoms with van der Waals surface area (Å²) in [5.74, 6) is -1.23. The predicted molar refractivity (Wildman–Crippen MR) is 67.7 cm³/mol. The number of unbranched alkanes of at least 4 members (excludes halogenated alkanes) is 1. The first kappa shape index (κ1) is 14.2. The van der Waals surface area contributed by atoms with Crippen molar-refractivity contribution >= 4 is 11.9 Å². The maximum absolute atomic E-state index is 11.4. The van der Waals surface area contributed by atoms with Crippen molar-refractivity contribution in [2.75, 3.05) is 0 Å². The number of carbonyl (C=O) groups is 2. The molecule has 0 aliphatic carbocycles. The molecule has 0 spiro atoms. The van der Waals surface area contributed by atoms with Crippen LogP contribution < -0.4 is 4.74 Å². The minimum absolute atomic E-state index is 0.254. The first-order valence-corrected chi connectivity index (χ1v) is 6.08. The van der Waals surface area contributed by atoms with Gasteiger partial charge in [-0.15, -0.1) is 0 Å². The summed E-state index contributed by atoms with van der Waals surface area (Å²) in [5.41, 5.74) is 0.691. The van der Waals surface area contributed by atoms with E-state index in [1.54, 1.807) is 31.2 Å². The van der Waals surface area contributed by atoms with Gasteiger partial charge in [-0.2, -0.15) is 0 Å². The van der Waals surface area contributed by atoms with Crippen LogP contribution in [0.1, 0.15) is 44.6 Å². The van der Waals surface area contributed by atoms with Gasteiger partial charge in [0, 0.05) is 6.42 Å². The van der Waals surface area contributed by atoms with Gasteiger partial charge in [0.1, 0.15) is 5.75 Å². The molecule has 0 aromatic heterocycles. The first-order chi connectivity index (χ1) is 8.54. The van der Waals surface area contributed by atoms with Crippen LogP contribution in [-0.2, 0) is 9.59 Å². The third kappa shape index (κ3) is 4.20. The van der Waals surface area contributed by atoms with Crippen LogP contribution in [0.4, 0.5) is 0 Å². The van der Waals surface area contributed by atoms with Gasteiger partial charge in [0.2, 0.25) is 0 Å². The number of ether oxygens (including phenoxy) is 1. The van der Waals surface area contributed by atoms with E-state index in [9.17, 15) is 9.59 Å². The number of benzene rings is 1. The molecule has 98 valence electrons. The number of carboxylic acids is 1. The van der Waals surface area contributed by atoms with Crippen molar-refractivity contribution in [3.63, 3.8) is 0 Å². The second kappa shape index (κ2) is 6.79. The SMILES string of the molecule is CCCCC(=O)Oc1ccc(C(C)C(=O)O)cc1. The summed E-state index contributed by atoms with van der Waals surface area (Å²) in [6.45, 7) is 3.62. The van der Waals surface area contributed by atoms with Crippen molar-refractivity contribution in [1.29, 1.82) is 0 Å². The Hall–Kier alpha value is -1.84. The molecule has 0 aliphatic heterocycles. The molecule has 0 aliphatic rings. The van der Waals surface area contributed by atoms with Crippen LogP contribution >= 0.6 is 0 Å². The Labute approximate surface area is 107 Å². The van der Waals surface area contributed by atoms with Crippen molar-refractivity contribution in [3.05, 3.63) is 29.8 Å². The molecule has 18 heavy (non-hydrogen) atoms. The number of aliphatic carboxylic acids is 1. The topological polar surface area (TPSA) is 63.6 Å². The number of carbonyl (C=O) groups excluding carboxylic acids is 1. The standard InChI is InChI=1S/C14H18O4/c1-3-4-5-13(15)18-12-8-6-11(7-9-12)10(2)14(16)17/h6-10H,3-5H2,1-2H3,(H,16,17). The molecular weight excluding hydrogens is 232 g/mol. The number of hydrogen-bond donors (Lipinski definition) is 1. The van der Waals surface area contributed by atoms with Gasteiger partial charge < -0.3 is 9.84 Å². The molecule has 0 bridgehead atoms. The molecule has 1 N–H and O–H groups in total. The zero-order valence-electron chi connectivity index (χ0n) is 10.7. The molecule has 1 atom stereocenters. The van der Waals surface area contributed by atoms with Gasteiger partial charge in [0.25, 0.3) is 0 Å². The summed E-state index contributed by atoms with van der Waals surface area (Å²) in [4.78, 5) is 22.2. The summed E-state index contributed by atoms with van der Waals surface area (Å²) < 4.78 is 5.13. The number of rotatable bonds is 6. The molecule has 0 saturated carbocycles. The molecule has 1 aromatic carbocycles. The molecule has 0 heterocycles. The highest BCUT2D eigenvalue weighted by molar-refractivity contribution is 5.76. The van der Waals surface area contributed by atoms with Gasteiger partial charge in [-0.25, -0.2) is 0 Å². The Balaban J connectivity index is 2.60. The molecule has 1 aromatic rings. The van der Waals surface area contributed by atoms with E-state index in [0.29, 0.717) is 17.7 Å².